The molecule has 308 valence electrons. The van der Waals surface area contributed by atoms with Gasteiger partial charge in [-0.3, -0.25) is 24.0 Å². The van der Waals surface area contributed by atoms with E-state index in [-0.39, 0.29) is 6.42 Å². The van der Waals surface area contributed by atoms with Gasteiger partial charge >= 0.3 is 23.9 Å². The second-order valence-corrected chi connectivity index (χ2v) is 15.4. The number of nitrogens with one attached hydrogen (secondary N) is 1. The fraction of sp³-hybridized carbons (Fsp3) is 0.295. The Kier molecular flexibility index (Phi) is 15.4. The zero-order valence-corrected chi connectivity index (χ0v) is 34.8. The molecule has 5 rings (SSSR count). The topological polar surface area (TPSA) is 162 Å². The Labute approximate surface area is 352 Å². The number of esters is 4. The molecule has 0 saturated carbocycles. The second kappa shape index (κ2) is 20.6. The Hall–Kier alpha value is -5.99. The normalized spacial score (nSPS) is 17.7. The molecule has 1 aliphatic rings. The lowest BCUT2D eigenvalue weighted by molar-refractivity contribution is -0.190. The third-order valence-corrected chi connectivity index (χ3v) is 11.2. The first kappa shape index (κ1) is 44.1. The van der Waals surface area contributed by atoms with E-state index in [2.05, 4.69) is 10.4 Å². The summed E-state index contributed by atoms with van der Waals surface area (Å²) < 4.78 is 21.0. The van der Waals surface area contributed by atoms with Crippen molar-refractivity contribution in [3.05, 3.63) is 142 Å². The molecule has 5 atom stereocenters. The first-order valence-corrected chi connectivity index (χ1v) is 19.9. The van der Waals surface area contributed by atoms with Gasteiger partial charge in [-0.15, -0.1) is 0 Å². The molecule has 1 amide bonds. The zero-order chi connectivity index (χ0) is 42.5. The van der Waals surface area contributed by atoms with Crippen LogP contribution in [0, 0.1) is 5.92 Å². The van der Waals surface area contributed by atoms with E-state index in [1.54, 1.807) is 48.5 Å². The maximum Gasteiger partial charge on any atom is 0.303 e. The summed E-state index contributed by atoms with van der Waals surface area (Å²) in [5.41, 5.74) is 2.88. The van der Waals surface area contributed by atoms with E-state index in [4.69, 9.17) is 35.7 Å². The van der Waals surface area contributed by atoms with Crippen LogP contribution in [0.25, 0.3) is 0 Å². The highest BCUT2D eigenvalue weighted by Gasteiger charge is 2.58. The molecule has 59 heavy (non-hydrogen) atoms. The van der Waals surface area contributed by atoms with Crippen LogP contribution in [0.3, 0.4) is 0 Å². The van der Waals surface area contributed by atoms with E-state index >= 15 is 4.79 Å². The highest BCUT2D eigenvalue weighted by molar-refractivity contribution is 8.04. The minimum Gasteiger partial charge on any atom is -0.462 e. The number of hydrogen-bond donors (Lipinski definition) is 1. The standard InChI is InChI=1S/C44H45ClN4O9S/c1-28(50)55-27-39(57-30(3)52)41(58-31(4)53)38(56-29(2)51)25-37-40(48-47-36-23-21-34(45)22-24-36)42(49(5)26-32-15-9-6-10-16-32)59-44(37,33-17-11-7-12-18-33)43(54)46-35-19-13-8-14-20-35/h6-24,37-39,41H,25-27H2,1-5H3,(H,46,54)/t37-,38+,39+,41-,44+/m0/s1. The molecule has 0 bridgehead atoms. The summed E-state index contributed by atoms with van der Waals surface area (Å²) in [6, 6.07) is 34.5. The summed E-state index contributed by atoms with van der Waals surface area (Å²) in [7, 11) is 1.88. The molecule has 0 fully saturated rings. The number of thioether (sulfide) groups is 1. The Morgan fingerprint density at radius 1 is 0.729 bits per heavy atom. The lowest BCUT2D eigenvalue weighted by Crippen LogP contribution is -2.50. The van der Waals surface area contributed by atoms with E-state index in [1.807, 2.05) is 78.7 Å². The molecule has 0 unspecified atom stereocenters. The van der Waals surface area contributed by atoms with Gasteiger partial charge in [-0.1, -0.05) is 102 Å². The first-order valence-electron chi connectivity index (χ1n) is 18.7. The van der Waals surface area contributed by atoms with E-state index in [1.165, 1.54) is 25.6 Å². The predicted molar refractivity (Wildman–Crippen MR) is 223 cm³/mol. The summed E-state index contributed by atoms with van der Waals surface area (Å²) in [5, 5.41) is 13.7. The van der Waals surface area contributed by atoms with Gasteiger partial charge in [0.25, 0.3) is 0 Å². The maximum atomic E-state index is 15.4. The van der Waals surface area contributed by atoms with Crippen molar-refractivity contribution >= 4 is 64.5 Å². The molecule has 0 aromatic heterocycles. The van der Waals surface area contributed by atoms with Crippen LogP contribution < -0.4 is 5.32 Å². The lowest BCUT2D eigenvalue weighted by atomic mass is 9.78. The molecular weight excluding hydrogens is 796 g/mol. The quantitative estimate of drug-likeness (QED) is 0.0618. The summed E-state index contributed by atoms with van der Waals surface area (Å²) in [6.07, 6.45) is -4.59. The highest BCUT2D eigenvalue weighted by atomic mass is 35.5. The van der Waals surface area contributed by atoms with Crippen LogP contribution >= 0.6 is 23.4 Å². The number of ether oxygens (including phenoxy) is 4. The van der Waals surface area contributed by atoms with E-state index in [9.17, 15) is 19.2 Å². The van der Waals surface area contributed by atoms with Gasteiger partial charge < -0.3 is 29.2 Å². The molecule has 15 heteroatoms. The molecule has 4 aromatic carbocycles. The minimum absolute atomic E-state index is 0.239. The maximum absolute atomic E-state index is 15.4. The van der Waals surface area contributed by atoms with E-state index in [0.29, 0.717) is 39.2 Å². The number of anilines is 1. The molecule has 0 radical (unpaired) electrons. The van der Waals surface area contributed by atoms with Gasteiger partial charge in [0.2, 0.25) is 5.91 Å². The van der Waals surface area contributed by atoms with Crippen LogP contribution in [-0.2, 0) is 54.2 Å². The average Bonchev–Trinajstić information content (AvgIpc) is 3.53. The van der Waals surface area contributed by atoms with Crippen molar-refractivity contribution in [2.45, 2.75) is 63.7 Å². The smallest absolute Gasteiger partial charge is 0.303 e. The van der Waals surface area contributed by atoms with Gasteiger partial charge in [-0.25, -0.2) is 0 Å². The van der Waals surface area contributed by atoms with Crippen LogP contribution in [0.2, 0.25) is 5.02 Å². The number of carbonyl (C=O) groups is 5. The van der Waals surface area contributed by atoms with Gasteiger partial charge in [0, 0.05) is 57.9 Å². The number of nitrogens with zero attached hydrogens (tertiary/aromatic N) is 3. The molecule has 13 nitrogen and oxygen atoms in total. The first-order chi connectivity index (χ1) is 28.3. The molecule has 0 spiro atoms. The summed E-state index contributed by atoms with van der Waals surface area (Å²) in [6.45, 7) is 4.50. The number of azo groups is 1. The van der Waals surface area contributed by atoms with Gasteiger partial charge in [-0.2, -0.15) is 10.2 Å². The van der Waals surface area contributed by atoms with Gasteiger partial charge in [0.15, 0.2) is 12.2 Å². The number of rotatable bonds is 17. The van der Waals surface area contributed by atoms with Crippen LogP contribution in [0.15, 0.2) is 136 Å². The highest BCUT2D eigenvalue weighted by Crippen LogP contribution is 2.60. The monoisotopic (exact) mass is 840 g/mol. The number of allylic oxidation sites excluding steroid dienone is 1. The second-order valence-electron chi connectivity index (χ2n) is 13.7. The van der Waals surface area contributed by atoms with Gasteiger partial charge in [0.1, 0.15) is 17.5 Å². The Morgan fingerprint density at radius 2 is 1.29 bits per heavy atom. The predicted octanol–water partition coefficient (Wildman–Crippen LogP) is 8.37. The van der Waals surface area contributed by atoms with Crippen molar-refractivity contribution < 1.29 is 42.9 Å². The Balaban J connectivity index is 1.79. The van der Waals surface area contributed by atoms with Gasteiger partial charge in [-0.05, 0) is 53.9 Å². The SMILES string of the molecule is CC(=O)OC[C@@H](OC(C)=O)[C@@H](OC(C)=O)[C@@H](C[C@H]1C(N=Nc2ccc(Cl)cc2)=C(N(C)Cc2ccccc2)S[C@]1(C(=O)Nc1ccccc1)c1ccccc1)OC(C)=O. The van der Waals surface area contributed by atoms with Crippen molar-refractivity contribution in [1.29, 1.82) is 0 Å². The average molecular weight is 841 g/mol. The number of carbonyl (C=O) groups excluding carboxylic acids is 5. The van der Waals surface area contributed by atoms with Crippen LogP contribution in [0.5, 0.6) is 0 Å². The molecule has 1 aliphatic heterocycles. The molecule has 1 N–H and O–H groups in total. The largest absolute Gasteiger partial charge is 0.462 e. The van der Waals surface area contributed by atoms with Crippen LogP contribution in [-0.4, -0.2) is 66.7 Å². The van der Waals surface area contributed by atoms with E-state index < -0.39 is 65.4 Å². The number of hydrogen-bond acceptors (Lipinski definition) is 13. The number of para-hydroxylation sites is 1. The van der Waals surface area contributed by atoms with Crippen molar-refractivity contribution in [3.8, 4) is 0 Å². The van der Waals surface area contributed by atoms with Crippen molar-refractivity contribution in [1.82, 2.24) is 4.90 Å². The summed E-state index contributed by atoms with van der Waals surface area (Å²) in [5.74, 6) is -4.47. The zero-order valence-electron chi connectivity index (χ0n) is 33.2. The molecule has 0 aliphatic carbocycles. The fourth-order valence-corrected chi connectivity index (χ4v) is 8.43. The van der Waals surface area contributed by atoms with Crippen molar-refractivity contribution in [2.24, 2.45) is 16.1 Å². The van der Waals surface area contributed by atoms with Crippen LogP contribution in [0.4, 0.5) is 11.4 Å². The Bertz CT molecular complexity index is 2160. The number of benzene rings is 4. The summed E-state index contributed by atoms with van der Waals surface area (Å²) in [4.78, 5) is 67.6. The van der Waals surface area contributed by atoms with Gasteiger partial charge in [0.05, 0.1) is 16.4 Å². The molecular formula is C44H45ClN4O9S. The Morgan fingerprint density at radius 3 is 1.86 bits per heavy atom. The van der Waals surface area contributed by atoms with Crippen molar-refractivity contribution in [3.63, 3.8) is 0 Å². The molecule has 4 aromatic rings. The number of amides is 1. The summed E-state index contributed by atoms with van der Waals surface area (Å²) >= 11 is 7.45. The minimum atomic E-state index is -1.56. The lowest BCUT2D eigenvalue weighted by Gasteiger charge is -2.38. The molecule has 1 heterocycles. The van der Waals surface area contributed by atoms with Crippen LogP contribution in [0.1, 0.15) is 45.2 Å². The van der Waals surface area contributed by atoms with E-state index in [0.717, 1.165) is 19.4 Å². The third-order valence-electron chi connectivity index (χ3n) is 9.17. The van der Waals surface area contributed by atoms with Crippen molar-refractivity contribution in [2.75, 3.05) is 19.0 Å². The third kappa shape index (κ3) is 11.8. The fourth-order valence-electron chi connectivity index (χ4n) is 6.74. The number of halogens is 1. The molecule has 0 saturated heterocycles.